The first-order chi connectivity index (χ1) is 37.6. The summed E-state index contributed by atoms with van der Waals surface area (Å²) in [6.45, 7) is 12.3. The first-order valence-electron chi connectivity index (χ1n) is 35.4. The molecule has 0 spiro atoms. The molecule has 0 aliphatic carbocycles. The Balaban J connectivity index is 5.06. The molecular weight excluding hydrogens is 937 g/mol. The lowest BCUT2D eigenvalue weighted by molar-refractivity contribution is -0.163. The topological polar surface area (TPSA) is 77.4 Å². The summed E-state index contributed by atoms with van der Waals surface area (Å²) in [5.41, 5.74) is 0. The van der Waals surface area contributed by atoms with Crippen LogP contribution in [0.15, 0.2) is 0 Å². The van der Waals surface area contributed by atoms with E-state index in [0.29, 0.717) is 39.6 Å². The molecule has 0 aliphatic rings. The van der Waals surface area contributed by atoms with Crippen molar-refractivity contribution >= 4 is 0 Å². The Kier molecular flexibility index (Phi) is 67.1. The van der Waals surface area contributed by atoms with Crippen molar-refractivity contribution in [2.24, 2.45) is 0 Å². The molecule has 0 bridgehead atoms. The Hall–Kier alpha value is -0.240. The second-order valence-electron chi connectivity index (χ2n) is 24.3. The van der Waals surface area contributed by atoms with Crippen molar-refractivity contribution in [3.05, 3.63) is 0 Å². The molecule has 0 aliphatic heterocycles. The van der Waals surface area contributed by atoms with E-state index in [-0.39, 0.29) is 0 Å². The normalized spacial score (nSPS) is 13.5. The predicted octanol–water partition coefficient (Wildman–Crippen LogP) is 22.4. The molecule has 2 N–H and O–H groups in total. The minimum absolute atomic E-state index is 0.293. The summed E-state index contributed by atoms with van der Waals surface area (Å²) in [4.78, 5) is 0. The van der Waals surface area contributed by atoms with Crippen molar-refractivity contribution in [2.45, 2.75) is 412 Å². The van der Waals surface area contributed by atoms with Gasteiger partial charge in [0.1, 0.15) is 24.4 Å². The molecule has 0 aromatic heterocycles. The van der Waals surface area contributed by atoms with E-state index in [1.54, 1.807) is 0 Å². The van der Waals surface area contributed by atoms with Crippen molar-refractivity contribution < 1.29 is 29.2 Å². The smallest absolute Gasteiger partial charge is 0.111 e. The molecule has 0 aromatic rings. The minimum atomic E-state index is -1.10. The van der Waals surface area contributed by atoms with Crippen molar-refractivity contribution in [2.75, 3.05) is 39.6 Å². The Morgan fingerprint density at radius 1 is 0.197 bits per heavy atom. The lowest BCUT2D eigenvalue weighted by atomic mass is 10.0. The summed E-state index contributed by atoms with van der Waals surface area (Å²) in [6.07, 6.45) is 71.0. The van der Waals surface area contributed by atoms with Crippen LogP contribution >= 0.6 is 0 Å². The Labute approximate surface area is 478 Å². The third-order valence-corrected chi connectivity index (χ3v) is 16.6. The summed E-state index contributed by atoms with van der Waals surface area (Å²) in [5.74, 6) is 0. The summed E-state index contributed by atoms with van der Waals surface area (Å²) < 4.78 is 25.4. The van der Waals surface area contributed by atoms with Crippen LogP contribution in [-0.2, 0) is 18.9 Å². The zero-order valence-electron chi connectivity index (χ0n) is 52.7. The number of rotatable bonds is 69. The van der Waals surface area contributed by atoms with Gasteiger partial charge in [0.15, 0.2) is 0 Å². The van der Waals surface area contributed by atoms with Gasteiger partial charge in [-0.15, -0.1) is 0 Å². The van der Waals surface area contributed by atoms with Crippen LogP contribution < -0.4 is 0 Å². The highest BCUT2D eigenvalue weighted by Crippen LogP contribution is 2.20. The molecule has 4 atom stereocenters. The standard InChI is InChI=1S/C70H142O6/c1-5-9-13-17-21-25-29-33-37-41-45-49-53-57-61-73-65-67(75-63-59-55-51-47-43-39-35-31-27-23-19-15-11-7-3)69(71)70(72)68(76-64-60-56-52-48-44-40-36-32-28-24-20-16-12-8-4)66-74-62-58-54-50-46-42-38-34-30-26-22-18-14-10-6-2/h67-72H,5-66H2,1-4H3/t67-,68-,69-,70-/m1/s1. The number of aliphatic hydroxyl groups excluding tert-OH is 2. The summed E-state index contributed by atoms with van der Waals surface area (Å²) in [7, 11) is 0. The van der Waals surface area contributed by atoms with Crippen LogP contribution in [0.25, 0.3) is 0 Å². The highest BCUT2D eigenvalue weighted by molar-refractivity contribution is 4.83. The van der Waals surface area contributed by atoms with Crippen LogP contribution in [0.4, 0.5) is 0 Å². The largest absolute Gasteiger partial charge is 0.388 e. The predicted molar refractivity (Wildman–Crippen MR) is 334 cm³/mol. The maximum Gasteiger partial charge on any atom is 0.111 e. The molecule has 6 nitrogen and oxygen atoms in total. The van der Waals surface area contributed by atoms with Crippen LogP contribution in [0, 0.1) is 0 Å². The van der Waals surface area contributed by atoms with E-state index in [4.69, 9.17) is 18.9 Å². The zero-order valence-corrected chi connectivity index (χ0v) is 52.7. The second-order valence-corrected chi connectivity index (χ2v) is 24.3. The number of unbranched alkanes of at least 4 members (excludes halogenated alkanes) is 52. The minimum Gasteiger partial charge on any atom is -0.388 e. The van der Waals surface area contributed by atoms with Crippen molar-refractivity contribution in [1.29, 1.82) is 0 Å². The SMILES string of the molecule is CCCCCCCCCCCCCCCCOC[C@@H](OCCCCCCCCCCCCCCCC)[C@@H](O)[C@H](O)[C@@H](COCCCCCCCCCCCCCCCC)OCCCCCCCCCCCCCCCC. The fourth-order valence-corrected chi connectivity index (χ4v) is 11.2. The molecule has 458 valence electrons. The fraction of sp³-hybridized carbons (Fsp3) is 1.00. The molecule has 76 heavy (non-hydrogen) atoms. The zero-order chi connectivity index (χ0) is 55.0. The van der Waals surface area contributed by atoms with Crippen molar-refractivity contribution in [3.8, 4) is 0 Å². The van der Waals surface area contributed by atoms with Gasteiger partial charge in [0.05, 0.1) is 13.2 Å². The highest BCUT2D eigenvalue weighted by Gasteiger charge is 2.34. The van der Waals surface area contributed by atoms with Gasteiger partial charge in [0, 0.05) is 26.4 Å². The third kappa shape index (κ3) is 58.4. The quantitative estimate of drug-likeness (QED) is 0.0591. The van der Waals surface area contributed by atoms with Gasteiger partial charge in [-0.3, -0.25) is 0 Å². The van der Waals surface area contributed by atoms with Crippen LogP contribution in [0.2, 0.25) is 0 Å². The van der Waals surface area contributed by atoms with Gasteiger partial charge in [-0.05, 0) is 25.7 Å². The lowest BCUT2D eigenvalue weighted by Crippen LogP contribution is -2.50. The molecule has 6 heteroatoms. The average molecular weight is 1080 g/mol. The molecule has 0 aromatic carbocycles. The van der Waals surface area contributed by atoms with E-state index < -0.39 is 24.4 Å². The van der Waals surface area contributed by atoms with Crippen molar-refractivity contribution in [3.63, 3.8) is 0 Å². The highest BCUT2D eigenvalue weighted by atomic mass is 16.6. The first kappa shape index (κ1) is 75.8. The van der Waals surface area contributed by atoms with Gasteiger partial charge in [-0.1, -0.05) is 362 Å². The molecule has 0 radical (unpaired) electrons. The monoisotopic (exact) mass is 1080 g/mol. The Bertz CT molecular complexity index is 933. The van der Waals surface area contributed by atoms with Gasteiger partial charge in [-0.25, -0.2) is 0 Å². The van der Waals surface area contributed by atoms with E-state index >= 15 is 0 Å². The van der Waals surface area contributed by atoms with Gasteiger partial charge < -0.3 is 29.2 Å². The Morgan fingerprint density at radius 2 is 0.342 bits per heavy atom. The van der Waals surface area contributed by atoms with E-state index in [1.165, 1.54) is 321 Å². The van der Waals surface area contributed by atoms with Crippen LogP contribution in [-0.4, -0.2) is 74.3 Å². The van der Waals surface area contributed by atoms with Gasteiger partial charge in [-0.2, -0.15) is 0 Å². The first-order valence-corrected chi connectivity index (χ1v) is 35.4. The van der Waals surface area contributed by atoms with Gasteiger partial charge in [0.25, 0.3) is 0 Å². The second kappa shape index (κ2) is 67.3. The molecule has 0 amide bonds. The van der Waals surface area contributed by atoms with E-state index in [9.17, 15) is 10.2 Å². The number of aliphatic hydroxyl groups is 2. The van der Waals surface area contributed by atoms with Crippen LogP contribution in [0.3, 0.4) is 0 Å². The number of hydrogen-bond acceptors (Lipinski definition) is 6. The molecule has 0 fully saturated rings. The maximum absolute atomic E-state index is 11.9. The van der Waals surface area contributed by atoms with E-state index in [1.807, 2.05) is 0 Å². The maximum atomic E-state index is 11.9. The third-order valence-electron chi connectivity index (χ3n) is 16.6. The van der Waals surface area contributed by atoms with Crippen LogP contribution in [0.1, 0.15) is 387 Å². The average Bonchev–Trinajstić information content (AvgIpc) is 3.43. The Morgan fingerprint density at radius 3 is 0.513 bits per heavy atom. The molecule has 0 unspecified atom stereocenters. The molecular formula is C70H142O6. The molecule has 0 rings (SSSR count). The van der Waals surface area contributed by atoms with E-state index in [0.717, 1.165) is 38.5 Å². The lowest BCUT2D eigenvalue weighted by Gasteiger charge is -2.32. The molecule has 0 saturated carbocycles. The number of hydrogen-bond donors (Lipinski definition) is 2. The molecule has 0 heterocycles. The van der Waals surface area contributed by atoms with E-state index in [2.05, 4.69) is 27.7 Å². The number of ether oxygens (including phenoxy) is 4. The molecule has 0 saturated heterocycles. The summed E-state index contributed by atoms with van der Waals surface area (Å²) in [5, 5.41) is 23.7. The van der Waals surface area contributed by atoms with Crippen molar-refractivity contribution in [1.82, 2.24) is 0 Å². The summed E-state index contributed by atoms with van der Waals surface area (Å²) >= 11 is 0. The van der Waals surface area contributed by atoms with Gasteiger partial charge >= 0.3 is 0 Å². The summed E-state index contributed by atoms with van der Waals surface area (Å²) in [6, 6.07) is 0. The fourth-order valence-electron chi connectivity index (χ4n) is 11.2. The van der Waals surface area contributed by atoms with Gasteiger partial charge in [0.2, 0.25) is 0 Å². The van der Waals surface area contributed by atoms with Crippen LogP contribution in [0.5, 0.6) is 0 Å².